The summed E-state index contributed by atoms with van der Waals surface area (Å²) in [6.07, 6.45) is 2.80. The highest BCUT2D eigenvalue weighted by molar-refractivity contribution is 5.87. The Bertz CT molecular complexity index is 598. The van der Waals surface area contributed by atoms with Gasteiger partial charge in [-0.15, -0.1) is 0 Å². The van der Waals surface area contributed by atoms with Gasteiger partial charge in [0.25, 0.3) is 0 Å². The van der Waals surface area contributed by atoms with Crippen molar-refractivity contribution in [3.8, 4) is 0 Å². The van der Waals surface area contributed by atoms with Crippen LogP contribution in [0.15, 0.2) is 36.4 Å². The molecule has 1 N–H and O–H groups in total. The Labute approximate surface area is 108 Å². The van der Waals surface area contributed by atoms with E-state index in [0.717, 1.165) is 12.5 Å². The van der Waals surface area contributed by atoms with Crippen molar-refractivity contribution in [2.45, 2.75) is 31.7 Å². The van der Waals surface area contributed by atoms with Gasteiger partial charge in [-0.1, -0.05) is 43.3 Å². The van der Waals surface area contributed by atoms with Gasteiger partial charge in [0.2, 0.25) is 0 Å². The fraction of sp³-hybridized carbons (Fsp3) is 0.412. The SMILES string of the molecule is CC1CNC(C2CC2)c2ccc3ccccc3c21. The predicted molar refractivity (Wildman–Crippen MR) is 75.8 cm³/mol. The maximum atomic E-state index is 3.75. The van der Waals surface area contributed by atoms with Crippen LogP contribution in [0.1, 0.15) is 42.9 Å². The average Bonchev–Trinajstić information content (AvgIpc) is 3.23. The van der Waals surface area contributed by atoms with Crippen LogP contribution in [-0.2, 0) is 0 Å². The van der Waals surface area contributed by atoms with Crippen molar-refractivity contribution in [2.75, 3.05) is 6.54 Å². The van der Waals surface area contributed by atoms with Gasteiger partial charge in [-0.2, -0.15) is 0 Å². The van der Waals surface area contributed by atoms with Crippen molar-refractivity contribution >= 4 is 10.8 Å². The van der Waals surface area contributed by atoms with Crippen molar-refractivity contribution in [1.82, 2.24) is 5.32 Å². The first-order chi connectivity index (χ1) is 8.84. The molecule has 0 bridgehead atoms. The molecule has 1 heteroatoms. The summed E-state index contributed by atoms with van der Waals surface area (Å²) in [5.74, 6) is 1.51. The van der Waals surface area contributed by atoms with E-state index in [1.54, 1.807) is 11.1 Å². The molecule has 4 rings (SSSR count). The standard InChI is InChI=1S/C17H19N/c1-11-10-18-17(13-6-7-13)15-9-8-12-4-2-3-5-14(12)16(11)15/h2-5,8-9,11,13,17-18H,6-7,10H2,1H3. The second-order valence-electron chi connectivity index (χ2n) is 5.91. The lowest BCUT2D eigenvalue weighted by Crippen LogP contribution is -2.33. The Balaban J connectivity index is 1.97. The van der Waals surface area contributed by atoms with Crippen LogP contribution >= 0.6 is 0 Å². The summed E-state index contributed by atoms with van der Waals surface area (Å²) in [4.78, 5) is 0. The Morgan fingerprint density at radius 2 is 1.89 bits per heavy atom. The van der Waals surface area contributed by atoms with E-state index in [0.29, 0.717) is 12.0 Å². The quantitative estimate of drug-likeness (QED) is 0.790. The number of hydrogen-bond donors (Lipinski definition) is 1. The van der Waals surface area contributed by atoms with Gasteiger partial charge in [-0.3, -0.25) is 0 Å². The number of fused-ring (bicyclic) bond motifs is 3. The molecule has 0 radical (unpaired) electrons. The van der Waals surface area contributed by atoms with E-state index in [1.165, 1.54) is 23.6 Å². The van der Waals surface area contributed by atoms with E-state index in [9.17, 15) is 0 Å². The summed E-state index contributed by atoms with van der Waals surface area (Å²) < 4.78 is 0. The molecule has 2 aromatic carbocycles. The second-order valence-corrected chi connectivity index (χ2v) is 5.91. The van der Waals surface area contributed by atoms with Crippen LogP contribution in [0, 0.1) is 5.92 Å². The minimum atomic E-state index is 0.612. The lowest BCUT2D eigenvalue weighted by molar-refractivity contribution is 0.431. The molecule has 2 aliphatic rings. The monoisotopic (exact) mass is 237 g/mol. The van der Waals surface area contributed by atoms with Crippen LogP contribution in [0.4, 0.5) is 0 Å². The van der Waals surface area contributed by atoms with Gasteiger partial charge in [-0.25, -0.2) is 0 Å². The molecule has 92 valence electrons. The highest BCUT2D eigenvalue weighted by atomic mass is 14.9. The van der Waals surface area contributed by atoms with Crippen molar-refractivity contribution in [3.63, 3.8) is 0 Å². The lowest BCUT2D eigenvalue weighted by atomic mass is 9.82. The highest BCUT2D eigenvalue weighted by Crippen LogP contribution is 2.46. The summed E-state index contributed by atoms with van der Waals surface area (Å²) in [5, 5.41) is 6.61. The third-order valence-corrected chi connectivity index (χ3v) is 4.57. The molecule has 2 unspecified atom stereocenters. The smallest absolute Gasteiger partial charge is 0.0351 e. The summed E-state index contributed by atoms with van der Waals surface area (Å²) >= 11 is 0. The maximum absolute atomic E-state index is 3.75. The minimum absolute atomic E-state index is 0.612. The molecule has 1 saturated carbocycles. The van der Waals surface area contributed by atoms with Gasteiger partial charge >= 0.3 is 0 Å². The molecule has 1 aliphatic carbocycles. The molecule has 2 atom stereocenters. The van der Waals surface area contributed by atoms with Crippen molar-refractivity contribution in [3.05, 3.63) is 47.5 Å². The molecule has 1 fully saturated rings. The maximum Gasteiger partial charge on any atom is 0.0351 e. The molecular weight excluding hydrogens is 218 g/mol. The third-order valence-electron chi connectivity index (χ3n) is 4.57. The molecular formula is C17H19N. The zero-order valence-electron chi connectivity index (χ0n) is 10.8. The van der Waals surface area contributed by atoms with Crippen LogP contribution in [0.3, 0.4) is 0 Å². The Morgan fingerprint density at radius 1 is 1.06 bits per heavy atom. The zero-order chi connectivity index (χ0) is 12.1. The molecule has 0 spiro atoms. The normalized spacial score (nSPS) is 27.2. The number of nitrogens with one attached hydrogen (secondary N) is 1. The molecule has 0 aromatic heterocycles. The van der Waals surface area contributed by atoms with Crippen LogP contribution in [0.25, 0.3) is 10.8 Å². The topological polar surface area (TPSA) is 12.0 Å². The Morgan fingerprint density at radius 3 is 2.72 bits per heavy atom. The molecule has 0 saturated heterocycles. The van der Waals surface area contributed by atoms with Crippen LogP contribution in [0.5, 0.6) is 0 Å². The molecule has 0 amide bonds. The van der Waals surface area contributed by atoms with Gasteiger partial charge < -0.3 is 5.32 Å². The first-order valence-electron chi connectivity index (χ1n) is 7.09. The minimum Gasteiger partial charge on any atom is -0.309 e. The first-order valence-corrected chi connectivity index (χ1v) is 7.09. The van der Waals surface area contributed by atoms with Gasteiger partial charge in [0.1, 0.15) is 0 Å². The van der Waals surface area contributed by atoms with E-state index in [1.807, 2.05) is 0 Å². The Kier molecular flexibility index (Phi) is 2.25. The van der Waals surface area contributed by atoms with Crippen LogP contribution in [-0.4, -0.2) is 6.54 Å². The third kappa shape index (κ3) is 1.50. The highest BCUT2D eigenvalue weighted by Gasteiger charge is 2.36. The second kappa shape index (κ2) is 3.83. The number of benzene rings is 2. The van der Waals surface area contributed by atoms with Gasteiger partial charge in [0, 0.05) is 12.6 Å². The largest absolute Gasteiger partial charge is 0.309 e. The molecule has 2 aromatic rings. The van der Waals surface area contributed by atoms with Crippen LogP contribution < -0.4 is 5.32 Å². The number of rotatable bonds is 1. The van der Waals surface area contributed by atoms with E-state index < -0.39 is 0 Å². The summed E-state index contributed by atoms with van der Waals surface area (Å²) in [6, 6.07) is 14.1. The fourth-order valence-corrected chi connectivity index (χ4v) is 3.50. The average molecular weight is 237 g/mol. The van der Waals surface area contributed by atoms with Gasteiger partial charge in [0.05, 0.1) is 0 Å². The van der Waals surface area contributed by atoms with Gasteiger partial charge in [-0.05, 0) is 46.6 Å². The van der Waals surface area contributed by atoms with E-state index in [2.05, 4.69) is 48.6 Å². The van der Waals surface area contributed by atoms with Crippen molar-refractivity contribution in [1.29, 1.82) is 0 Å². The molecule has 1 aliphatic heterocycles. The Hall–Kier alpha value is -1.34. The fourth-order valence-electron chi connectivity index (χ4n) is 3.50. The van der Waals surface area contributed by atoms with E-state index in [4.69, 9.17) is 0 Å². The van der Waals surface area contributed by atoms with Crippen molar-refractivity contribution < 1.29 is 0 Å². The van der Waals surface area contributed by atoms with E-state index >= 15 is 0 Å². The van der Waals surface area contributed by atoms with Gasteiger partial charge in [0.15, 0.2) is 0 Å². The summed E-state index contributed by atoms with van der Waals surface area (Å²) in [6.45, 7) is 3.48. The lowest BCUT2D eigenvalue weighted by Gasteiger charge is -2.32. The number of hydrogen-bond acceptors (Lipinski definition) is 1. The van der Waals surface area contributed by atoms with E-state index in [-0.39, 0.29) is 0 Å². The molecule has 1 nitrogen and oxygen atoms in total. The molecule has 18 heavy (non-hydrogen) atoms. The summed E-state index contributed by atoms with van der Waals surface area (Å²) in [5.41, 5.74) is 3.17. The van der Waals surface area contributed by atoms with Crippen LogP contribution in [0.2, 0.25) is 0 Å². The zero-order valence-corrected chi connectivity index (χ0v) is 10.8. The summed E-state index contributed by atoms with van der Waals surface area (Å²) in [7, 11) is 0. The first kappa shape index (κ1) is 10.6. The predicted octanol–water partition coefficient (Wildman–Crippen LogP) is 4.00. The molecule has 1 heterocycles. The van der Waals surface area contributed by atoms with Crippen molar-refractivity contribution in [2.24, 2.45) is 5.92 Å².